The lowest BCUT2D eigenvalue weighted by atomic mass is 10.00. The molecule has 1 N–H and O–H groups in total. The summed E-state index contributed by atoms with van der Waals surface area (Å²) in [6.45, 7) is 0. The Bertz CT molecular complexity index is 499. The van der Waals surface area contributed by atoms with Crippen LogP contribution in [0.25, 0.3) is 0 Å². The lowest BCUT2D eigenvalue weighted by Crippen LogP contribution is -2.19. The second-order valence-corrected chi connectivity index (χ2v) is 5.76. The van der Waals surface area contributed by atoms with E-state index in [9.17, 15) is 0 Å². The first-order valence-electron chi connectivity index (χ1n) is 5.76. The number of hydrogen-bond donors (Lipinski definition) is 1. The quantitative estimate of drug-likeness (QED) is 0.896. The summed E-state index contributed by atoms with van der Waals surface area (Å²) in [4.78, 5) is 0. The van der Waals surface area contributed by atoms with Crippen molar-refractivity contribution in [1.29, 1.82) is 0 Å². The Morgan fingerprint density at radius 1 is 1.39 bits per heavy atom. The molecule has 0 amide bonds. The molecule has 0 bridgehead atoms. The Kier molecular flexibility index (Phi) is 4.80. The predicted molar refractivity (Wildman–Crippen MR) is 80.5 cm³/mol. The van der Waals surface area contributed by atoms with Gasteiger partial charge in [-0.3, -0.25) is 0 Å². The molecule has 1 aromatic heterocycles. The summed E-state index contributed by atoms with van der Waals surface area (Å²) in [6.07, 6.45) is 0.970. The smallest absolute Gasteiger partial charge is 0.124 e. The van der Waals surface area contributed by atoms with Gasteiger partial charge >= 0.3 is 0 Å². The first kappa shape index (κ1) is 13.6. The van der Waals surface area contributed by atoms with Crippen molar-refractivity contribution < 1.29 is 4.74 Å². The van der Waals surface area contributed by atoms with E-state index in [1.54, 1.807) is 18.4 Å². The minimum absolute atomic E-state index is 0.266. The first-order chi connectivity index (χ1) is 8.74. The van der Waals surface area contributed by atoms with E-state index in [0.717, 1.165) is 16.6 Å². The predicted octanol–water partition coefficient (Wildman–Crippen LogP) is 4.02. The highest BCUT2D eigenvalue weighted by Crippen LogP contribution is 2.30. The Morgan fingerprint density at radius 2 is 2.22 bits per heavy atom. The number of benzene rings is 1. The summed E-state index contributed by atoms with van der Waals surface area (Å²) in [5.41, 5.74) is 2.54. The van der Waals surface area contributed by atoms with E-state index in [-0.39, 0.29) is 6.04 Å². The van der Waals surface area contributed by atoms with Crippen LogP contribution < -0.4 is 10.1 Å². The van der Waals surface area contributed by atoms with E-state index in [4.69, 9.17) is 4.74 Å². The third-order valence-electron chi connectivity index (χ3n) is 2.94. The summed E-state index contributed by atoms with van der Waals surface area (Å²) in [6, 6.07) is 8.60. The normalized spacial score (nSPS) is 12.4. The summed E-state index contributed by atoms with van der Waals surface area (Å²) < 4.78 is 6.50. The van der Waals surface area contributed by atoms with Crippen LogP contribution in [0.1, 0.15) is 17.2 Å². The molecule has 1 atom stereocenters. The van der Waals surface area contributed by atoms with Crippen molar-refractivity contribution in [2.75, 3.05) is 14.2 Å². The van der Waals surface area contributed by atoms with Gasteiger partial charge in [-0.05, 0) is 48.0 Å². The Hall–Kier alpha value is -0.840. The van der Waals surface area contributed by atoms with Gasteiger partial charge in [0.1, 0.15) is 5.75 Å². The molecule has 96 valence electrons. The number of ether oxygens (including phenoxy) is 1. The molecule has 0 radical (unpaired) electrons. The van der Waals surface area contributed by atoms with Gasteiger partial charge in [0.2, 0.25) is 0 Å². The largest absolute Gasteiger partial charge is 0.496 e. The molecule has 1 aromatic carbocycles. The third-order valence-corrected chi connectivity index (χ3v) is 4.16. The number of likely N-dealkylation sites (N-methyl/N-ethyl adjacent to an activating group) is 1. The maximum absolute atomic E-state index is 5.46. The molecule has 2 rings (SSSR count). The zero-order chi connectivity index (χ0) is 13.0. The molecule has 0 saturated heterocycles. The van der Waals surface area contributed by atoms with Crippen molar-refractivity contribution in [2.24, 2.45) is 0 Å². The molecule has 0 spiro atoms. The number of halogens is 1. The zero-order valence-corrected chi connectivity index (χ0v) is 12.8. The maximum atomic E-state index is 5.46. The second-order valence-electron chi connectivity index (χ2n) is 4.06. The molecule has 4 heteroatoms. The molecular weight excluding hydrogens is 310 g/mol. The van der Waals surface area contributed by atoms with Crippen molar-refractivity contribution in [3.63, 3.8) is 0 Å². The minimum atomic E-state index is 0.266. The second kappa shape index (κ2) is 6.36. The fourth-order valence-corrected chi connectivity index (χ4v) is 3.01. The van der Waals surface area contributed by atoms with Crippen LogP contribution in [0.4, 0.5) is 0 Å². The van der Waals surface area contributed by atoms with Crippen molar-refractivity contribution in [1.82, 2.24) is 5.32 Å². The van der Waals surface area contributed by atoms with Crippen LogP contribution in [0, 0.1) is 0 Å². The van der Waals surface area contributed by atoms with Gasteiger partial charge in [0, 0.05) is 16.1 Å². The number of rotatable bonds is 5. The van der Waals surface area contributed by atoms with E-state index >= 15 is 0 Å². The zero-order valence-electron chi connectivity index (χ0n) is 10.4. The molecule has 1 heterocycles. The monoisotopic (exact) mass is 325 g/mol. The van der Waals surface area contributed by atoms with Crippen molar-refractivity contribution in [2.45, 2.75) is 12.5 Å². The summed E-state index contributed by atoms with van der Waals surface area (Å²) in [7, 11) is 3.70. The van der Waals surface area contributed by atoms with E-state index in [1.807, 2.05) is 13.1 Å². The van der Waals surface area contributed by atoms with Gasteiger partial charge in [-0.1, -0.05) is 22.0 Å². The third kappa shape index (κ3) is 3.13. The number of hydrogen-bond acceptors (Lipinski definition) is 3. The van der Waals surface area contributed by atoms with Gasteiger partial charge in [-0.25, -0.2) is 0 Å². The van der Waals surface area contributed by atoms with Crippen molar-refractivity contribution >= 4 is 27.3 Å². The van der Waals surface area contributed by atoms with Crippen molar-refractivity contribution in [3.05, 3.63) is 50.6 Å². The van der Waals surface area contributed by atoms with Gasteiger partial charge in [0.05, 0.1) is 7.11 Å². The molecule has 18 heavy (non-hydrogen) atoms. The molecule has 2 nitrogen and oxygen atoms in total. The topological polar surface area (TPSA) is 21.3 Å². The molecule has 0 fully saturated rings. The highest BCUT2D eigenvalue weighted by atomic mass is 79.9. The summed E-state index contributed by atoms with van der Waals surface area (Å²) in [5, 5.41) is 7.66. The molecule has 0 aliphatic carbocycles. The summed E-state index contributed by atoms with van der Waals surface area (Å²) in [5.74, 6) is 0.916. The number of methoxy groups -OCH3 is 1. The Morgan fingerprint density at radius 3 is 2.83 bits per heavy atom. The average Bonchev–Trinajstić information content (AvgIpc) is 2.89. The van der Waals surface area contributed by atoms with Crippen LogP contribution in [-0.2, 0) is 6.42 Å². The lowest BCUT2D eigenvalue weighted by Gasteiger charge is -2.19. The molecule has 2 aromatic rings. The Balaban J connectivity index is 2.26. The van der Waals surface area contributed by atoms with Gasteiger partial charge in [-0.15, -0.1) is 0 Å². The highest BCUT2D eigenvalue weighted by molar-refractivity contribution is 9.10. The van der Waals surface area contributed by atoms with Gasteiger partial charge in [0.15, 0.2) is 0 Å². The minimum Gasteiger partial charge on any atom is -0.496 e. The molecule has 0 aliphatic heterocycles. The fraction of sp³-hybridized carbons (Fsp3) is 0.286. The Labute approximate surface area is 120 Å². The fourth-order valence-electron chi connectivity index (χ4n) is 1.98. The van der Waals surface area contributed by atoms with E-state index < -0.39 is 0 Å². The van der Waals surface area contributed by atoms with E-state index in [2.05, 4.69) is 50.2 Å². The average molecular weight is 326 g/mol. The van der Waals surface area contributed by atoms with Gasteiger partial charge < -0.3 is 10.1 Å². The maximum Gasteiger partial charge on any atom is 0.124 e. The summed E-state index contributed by atoms with van der Waals surface area (Å²) >= 11 is 5.20. The lowest BCUT2D eigenvalue weighted by molar-refractivity contribution is 0.401. The van der Waals surface area contributed by atoms with Crippen LogP contribution in [0.3, 0.4) is 0 Å². The van der Waals surface area contributed by atoms with Gasteiger partial charge in [0.25, 0.3) is 0 Å². The van der Waals surface area contributed by atoms with E-state index in [0.29, 0.717) is 0 Å². The SMILES string of the molecule is CNC(Cc1ccsc1)c1ccc(Br)cc1OC. The molecule has 0 aliphatic rings. The van der Waals surface area contributed by atoms with Gasteiger partial charge in [-0.2, -0.15) is 11.3 Å². The van der Waals surface area contributed by atoms with Crippen molar-refractivity contribution in [3.8, 4) is 5.75 Å². The highest BCUT2D eigenvalue weighted by Gasteiger charge is 2.15. The van der Waals surface area contributed by atoms with Crippen LogP contribution in [-0.4, -0.2) is 14.2 Å². The standard InChI is InChI=1S/C14H16BrNOS/c1-16-13(7-10-5-6-18-9-10)12-4-3-11(15)8-14(12)17-2/h3-6,8-9,13,16H,7H2,1-2H3. The van der Waals surface area contributed by atoms with Crippen LogP contribution >= 0.6 is 27.3 Å². The molecular formula is C14H16BrNOS. The molecule has 1 unspecified atom stereocenters. The molecule has 0 saturated carbocycles. The van der Waals surface area contributed by atoms with E-state index in [1.165, 1.54) is 11.1 Å². The number of thiophene rings is 1. The van der Waals surface area contributed by atoms with Crippen LogP contribution in [0.5, 0.6) is 5.75 Å². The first-order valence-corrected chi connectivity index (χ1v) is 7.50. The van der Waals surface area contributed by atoms with Crippen LogP contribution in [0.15, 0.2) is 39.5 Å². The number of nitrogens with one attached hydrogen (secondary N) is 1. The van der Waals surface area contributed by atoms with Crippen LogP contribution in [0.2, 0.25) is 0 Å².